The van der Waals surface area contributed by atoms with Gasteiger partial charge in [-0.15, -0.1) is 11.8 Å². The Morgan fingerprint density at radius 1 is 1.20 bits per heavy atom. The number of thioether (sulfide) groups is 1. The molecule has 1 rings (SSSR count). The highest BCUT2D eigenvalue weighted by atomic mass is 32.2. The molecule has 0 amide bonds. The van der Waals surface area contributed by atoms with Gasteiger partial charge in [-0.2, -0.15) is 0 Å². The summed E-state index contributed by atoms with van der Waals surface area (Å²) in [5.41, 5.74) is 0.424. The van der Waals surface area contributed by atoms with Crippen molar-refractivity contribution < 1.29 is 4.79 Å². The van der Waals surface area contributed by atoms with Gasteiger partial charge in [0.15, 0.2) is 5.78 Å². The molecule has 0 saturated carbocycles. The van der Waals surface area contributed by atoms with Gasteiger partial charge in [-0.1, -0.05) is 45.7 Å². The second-order valence-corrected chi connectivity index (χ2v) is 6.01. The number of Topliss-reactive ketones (excluding diaryl/α,β-unsaturated/α-hetero) is 1. The maximum atomic E-state index is 12.9. The van der Waals surface area contributed by atoms with Crippen molar-refractivity contribution in [2.24, 2.45) is 0 Å². The van der Waals surface area contributed by atoms with Gasteiger partial charge in [-0.25, -0.2) is 0 Å². The van der Waals surface area contributed by atoms with E-state index in [4.69, 9.17) is 0 Å². The van der Waals surface area contributed by atoms with Gasteiger partial charge in [0.05, 0.1) is 5.54 Å². The summed E-state index contributed by atoms with van der Waals surface area (Å²) in [5.74, 6) is 0.239. The zero-order chi connectivity index (χ0) is 15.0. The lowest BCUT2D eigenvalue weighted by Gasteiger charge is -2.32. The van der Waals surface area contributed by atoms with Crippen LogP contribution in [0.1, 0.15) is 56.8 Å². The maximum Gasteiger partial charge on any atom is 0.182 e. The molecule has 0 aliphatic heterocycles. The van der Waals surface area contributed by atoms with E-state index in [1.165, 1.54) is 4.90 Å². The number of rotatable bonds is 9. The van der Waals surface area contributed by atoms with Crippen molar-refractivity contribution >= 4 is 17.5 Å². The minimum Gasteiger partial charge on any atom is -0.305 e. The lowest BCUT2D eigenvalue weighted by molar-refractivity contribution is 0.0830. The fraction of sp³-hybridized carbons (Fsp3) is 0.588. The Balaban J connectivity index is 3.00. The summed E-state index contributed by atoms with van der Waals surface area (Å²) in [4.78, 5) is 14.1. The number of carbonyl (C=O) groups is 1. The molecule has 1 aromatic carbocycles. The van der Waals surface area contributed by atoms with E-state index in [2.05, 4.69) is 26.1 Å². The topological polar surface area (TPSA) is 29.1 Å². The average molecular weight is 293 g/mol. The Bertz CT molecular complexity index is 416. The standard InChI is InChI=1S/C17H27NOS/c1-5-8-13-17(6-2,18-7-3)16(19)14-9-11-15(20-4)12-10-14/h9-12,18H,5-8,13H2,1-4H3. The van der Waals surface area contributed by atoms with Crippen LogP contribution in [-0.2, 0) is 0 Å². The van der Waals surface area contributed by atoms with Crippen LogP contribution in [0.2, 0.25) is 0 Å². The molecule has 0 bridgehead atoms. The molecule has 1 unspecified atom stereocenters. The van der Waals surface area contributed by atoms with E-state index in [0.29, 0.717) is 0 Å². The van der Waals surface area contributed by atoms with Gasteiger partial charge < -0.3 is 5.32 Å². The van der Waals surface area contributed by atoms with Crippen molar-refractivity contribution in [1.29, 1.82) is 0 Å². The van der Waals surface area contributed by atoms with Crippen LogP contribution in [0.5, 0.6) is 0 Å². The highest BCUT2D eigenvalue weighted by Gasteiger charge is 2.35. The molecule has 1 aromatic rings. The van der Waals surface area contributed by atoms with E-state index in [9.17, 15) is 4.79 Å². The first-order valence-electron chi connectivity index (χ1n) is 7.57. The highest BCUT2D eigenvalue weighted by Crippen LogP contribution is 2.25. The third-order valence-electron chi connectivity index (χ3n) is 3.86. The predicted octanol–water partition coefficient (Wildman–Crippen LogP) is 4.54. The summed E-state index contributed by atoms with van der Waals surface area (Å²) in [6.45, 7) is 7.17. The number of likely N-dealkylation sites (N-methyl/N-ethyl adjacent to an activating group) is 1. The molecule has 0 aromatic heterocycles. The number of hydrogen-bond acceptors (Lipinski definition) is 3. The maximum absolute atomic E-state index is 12.9. The summed E-state index contributed by atoms with van der Waals surface area (Å²) in [5, 5.41) is 3.45. The molecule has 1 N–H and O–H groups in total. The Kier molecular flexibility index (Phi) is 7.31. The van der Waals surface area contributed by atoms with Crippen molar-refractivity contribution in [2.45, 2.75) is 56.9 Å². The van der Waals surface area contributed by atoms with Crippen LogP contribution in [0.4, 0.5) is 0 Å². The largest absolute Gasteiger partial charge is 0.305 e. The van der Waals surface area contributed by atoms with E-state index in [1.807, 2.05) is 30.5 Å². The SMILES string of the molecule is CCCCC(CC)(NCC)C(=O)c1ccc(SC)cc1. The fourth-order valence-corrected chi connectivity index (χ4v) is 2.99. The van der Waals surface area contributed by atoms with Crippen molar-refractivity contribution in [3.63, 3.8) is 0 Å². The summed E-state index contributed by atoms with van der Waals surface area (Å²) in [6, 6.07) is 7.98. The third kappa shape index (κ3) is 4.10. The van der Waals surface area contributed by atoms with E-state index >= 15 is 0 Å². The summed E-state index contributed by atoms with van der Waals surface area (Å²) < 4.78 is 0. The molecule has 0 heterocycles. The van der Waals surface area contributed by atoms with Crippen LogP contribution in [0.25, 0.3) is 0 Å². The molecule has 20 heavy (non-hydrogen) atoms. The highest BCUT2D eigenvalue weighted by molar-refractivity contribution is 7.98. The molecule has 2 nitrogen and oxygen atoms in total. The van der Waals surface area contributed by atoms with Crippen LogP contribution < -0.4 is 5.32 Å². The van der Waals surface area contributed by atoms with Crippen molar-refractivity contribution in [3.05, 3.63) is 29.8 Å². The normalized spacial score (nSPS) is 14.0. The van der Waals surface area contributed by atoms with Gasteiger partial charge in [-0.05, 0) is 37.8 Å². The average Bonchev–Trinajstić information content (AvgIpc) is 2.51. The van der Waals surface area contributed by atoms with Crippen LogP contribution >= 0.6 is 11.8 Å². The number of hydrogen-bond donors (Lipinski definition) is 1. The quantitative estimate of drug-likeness (QED) is 0.535. The molecular formula is C17H27NOS. The Morgan fingerprint density at radius 2 is 1.85 bits per heavy atom. The van der Waals surface area contributed by atoms with Gasteiger partial charge in [0.25, 0.3) is 0 Å². The van der Waals surface area contributed by atoms with Crippen LogP contribution in [0, 0.1) is 0 Å². The minimum atomic E-state index is -0.397. The van der Waals surface area contributed by atoms with Gasteiger partial charge in [-0.3, -0.25) is 4.79 Å². The lowest BCUT2D eigenvalue weighted by Crippen LogP contribution is -2.51. The summed E-state index contributed by atoms with van der Waals surface area (Å²) >= 11 is 1.70. The predicted molar refractivity (Wildman–Crippen MR) is 88.8 cm³/mol. The van der Waals surface area contributed by atoms with Gasteiger partial charge in [0.1, 0.15) is 0 Å². The Labute approximate surface area is 127 Å². The van der Waals surface area contributed by atoms with E-state index in [0.717, 1.165) is 37.8 Å². The number of unbranched alkanes of at least 4 members (excludes halogenated alkanes) is 1. The van der Waals surface area contributed by atoms with Crippen LogP contribution in [0.15, 0.2) is 29.2 Å². The van der Waals surface area contributed by atoms with E-state index < -0.39 is 5.54 Å². The molecule has 0 fully saturated rings. The van der Waals surface area contributed by atoms with Crippen LogP contribution in [0.3, 0.4) is 0 Å². The number of carbonyl (C=O) groups excluding carboxylic acids is 1. The summed E-state index contributed by atoms with van der Waals surface area (Å²) in [6.07, 6.45) is 6.00. The second-order valence-electron chi connectivity index (χ2n) is 5.13. The van der Waals surface area contributed by atoms with E-state index in [-0.39, 0.29) is 5.78 Å². The third-order valence-corrected chi connectivity index (χ3v) is 4.61. The molecule has 0 radical (unpaired) electrons. The van der Waals surface area contributed by atoms with Crippen LogP contribution in [-0.4, -0.2) is 24.1 Å². The van der Waals surface area contributed by atoms with Gasteiger partial charge in [0.2, 0.25) is 0 Å². The monoisotopic (exact) mass is 293 g/mol. The zero-order valence-electron chi connectivity index (χ0n) is 13.2. The van der Waals surface area contributed by atoms with Gasteiger partial charge in [0, 0.05) is 10.5 Å². The first kappa shape index (κ1) is 17.3. The fourth-order valence-electron chi connectivity index (χ4n) is 2.58. The zero-order valence-corrected chi connectivity index (χ0v) is 14.0. The molecule has 0 aliphatic rings. The first-order valence-corrected chi connectivity index (χ1v) is 8.79. The molecule has 0 spiro atoms. The molecular weight excluding hydrogens is 266 g/mol. The molecule has 112 valence electrons. The number of benzene rings is 1. The molecule has 0 aliphatic carbocycles. The Hall–Kier alpha value is -0.800. The Morgan fingerprint density at radius 3 is 2.30 bits per heavy atom. The van der Waals surface area contributed by atoms with E-state index in [1.54, 1.807) is 11.8 Å². The smallest absolute Gasteiger partial charge is 0.182 e. The summed E-state index contributed by atoms with van der Waals surface area (Å²) in [7, 11) is 0. The van der Waals surface area contributed by atoms with Crippen molar-refractivity contribution in [1.82, 2.24) is 5.32 Å². The molecule has 1 atom stereocenters. The van der Waals surface area contributed by atoms with Gasteiger partial charge >= 0.3 is 0 Å². The van der Waals surface area contributed by atoms with Crippen molar-refractivity contribution in [3.8, 4) is 0 Å². The second kappa shape index (κ2) is 8.48. The van der Waals surface area contributed by atoms with Crippen molar-refractivity contribution in [2.75, 3.05) is 12.8 Å². The first-order chi connectivity index (χ1) is 9.63. The molecule has 0 saturated heterocycles. The molecule has 3 heteroatoms. The lowest BCUT2D eigenvalue weighted by atomic mass is 9.82. The number of ketones is 1. The minimum absolute atomic E-state index is 0.239. The number of nitrogens with one attached hydrogen (secondary N) is 1.